The molecular formula is C14H17NO2. The van der Waals surface area contributed by atoms with Crippen molar-refractivity contribution in [2.75, 3.05) is 0 Å². The highest BCUT2D eigenvalue weighted by Gasteiger charge is 2.27. The van der Waals surface area contributed by atoms with Gasteiger partial charge in [0, 0.05) is 6.42 Å². The summed E-state index contributed by atoms with van der Waals surface area (Å²) in [5.74, 6) is 0. The molecule has 17 heavy (non-hydrogen) atoms. The van der Waals surface area contributed by atoms with E-state index in [1.54, 1.807) is 0 Å². The molecule has 0 unspecified atom stereocenters. The van der Waals surface area contributed by atoms with E-state index in [2.05, 4.69) is 18.2 Å². The Morgan fingerprint density at radius 3 is 2.76 bits per heavy atom. The van der Waals surface area contributed by atoms with Gasteiger partial charge < -0.3 is 9.47 Å². The lowest BCUT2D eigenvalue weighted by Crippen LogP contribution is -2.36. The lowest BCUT2D eigenvalue weighted by Gasteiger charge is -2.31. The van der Waals surface area contributed by atoms with Crippen LogP contribution in [0.1, 0.15) is 25.3 Å². The maximum absolute atomic E-state index is 8.88. The molecule has 1 aromatic rings. The second-order valence-corrected chi connectivity index (χ2v) is 4.34. The van der Waals surface area contributed by atoms with Gasteiger partial charge in [-0.15, -0.1) is 0 Å². The van der Waals surface area contributed by atoms with Gasteiger partial charge in [-0.25, -0.2) is 0 Å². The lowest BCUT2D eigenvalue weighted by molar-refractivity contribution is -0.221. The molecular weight excluding hydrogens is 214 g/mol. The molecule has 3 atom stereocenters. The van der Waals surface area contributed by atoms with Crippen molar-refractivity contribution in [2.45, 2.75) is 44.7 Å². The lowest BCUT2D eigenvalue weighted by atomic mass is 10.0. The van der Waals surface area contributed by atoms with E-state index in [-0.39, 0.29) is 18.5 Å². The van der Waals surface area contributed by atoms with Crippen LogP contribution in [0.3, 0.4) is 0 Å². The quantitative estimate of drug-likeness (QED) is 0.803. The van der Waals surface area contributed by atoms with Crippen molar-refractivity contribution >= 4 is 0 Å². The van der Waals surface area contributed by atoms with Gasteiger partial charge in [0.2, 0.25) is 0 Å². The van der Waals surface area contributed by atoms with Gasteiger partial charge in [-0.05, 0) is 25.3 Å². The van der Waals surface area contributed by atoms with Crippen LogP contribution in [0.4, 0.5) is 0 Å². The van der Waals surface area contributed by atoms with E-state index in [4.69, 9.17) is 14.7 Å². The number of ether oxygens (including phenoxy) is 2. The summed E-state index contributed by atoms with van der Waals surface area (Å²) in [5.41, 5.74) is 1.31. The largest absolute Gasteiger partial charge is 0.350 e. The monoisotopic (exact) mass is 231 g/mol. The van der Waals surface area contributed by atoms with Crippen molar-refractivity contribution in [3.05, 3.63) is 35.9 Å². The van der Waals surface area contributed by atoms with E-state index in [9.17, 15) is 0 Å². The molecule has 0 radical (unpaired) electrons. The maximum atomic E-state index is 8.88. The van der Waals surface area contributed by atoms with Gasteiger partial charge in [0.1, 0.15) is 6.10 Å². The average Bonchev–Trinajstić information content (AvgIpc) is 2.37. The van der Waals surface area contributed by atoms with Crippen LogP contribution in [0.2, 0.25) is 0 Å². The molecule has 0 saturated carbocycles. The average molecular weight is 231 g/mol. The minimum atomic E-state index is -0.320. The number of nitriles is 1. The first-order valence-corrected chi connectivity index (χ1v) is 6.02. The maximum Gasteiger partial charge on any atom is 0.156 e. The molecule has 0 bridgehead atoms. The third-order valence-electron chi connectivity index (χ3n) is 2.96. The summed E-state index contributed by atoms with van der Waals surface area (Å²) < 4.78 is 11.0. The van der Waals surface area contributed by atoms with Crippen LogP contribution in [-0.4, -0.2) is 18.5 Å². The normalized spacial score (nSPS) is 28.6. The first-order valence-electron chi connectivity index (χ1n) is 6.02. The summed E-state index contributed by atoms with van der Waals surface area (Å²) in [5, 5.41) is 8.88. The van der Waals surface area contributed by atoms with Crippen LogP contribution in [0.5, 0.6) is 0 Å². The van der Waals surface area contributed by atoms with E-state index in [0.717, 1.165) is 12.8 Å². The molecule has 1 aromatic carbocycles. The van der Waals surface area contributed by atoms with E-state index >= 15 is 0 Å². The fraction of sp³-hybridized carbons (Fsp3) is 0.500. The van der Waals surface area contributed by atoms with E-state index in [1.165, 1.54) is 5.56 Å². The molecule has 1 aliphatic heterocycles. The summed E-state index contributed by atoms with van der Waals surface area (Å²) in [6.45, 7) is 1.85. The van der Waals surface area contributed by atoms with Crippen molar-refractivity contribution in [1.29, 1.82) is 5.26 Å². The van der Waals surface area contributed by atoms with Crippen LogP contribution in [-0.2, 0) is 15.9 Å². The molecule has 0 spiro atoms. The Bertz CT molecular complexity index is 385. The number of rotatable bonds is 3. The predicted molar refractivity (Wildman–Crippen MR) is 64.2 cm³/mol. The number of benzene rings is 1. The van der Waals surface area contributed by atoms with Crippen molar-refractivity contribution in [3.8, 4) is 6.07 Å². The third-order valence-corrected chi connectivity index (χ3v) is 2.96. The van der Waals surface area contributed by atoms with Gasteiger partial charge in [-0.3, -0.25) is 0 Å². The molecule has 3 heteroatoms. The first-order chi connectivity index (χ1) is 8.28. The molecule has 1 aliphatic rings. The number of nitrogens with zero attached hydrogens (tertiary/aromatic N) is 1. The van der Waals surface area contributed by atoms with Crippen LogP contribution in [0, 0.1) is 11.3 Å². The molecule has 0 aliphatic carbocycles. The second kappa shape index (κ2) is 5.81. The number of aryl methyl sites for hydroxylation is 1. The van der Waals surface area contributed by atoms with Crippen molar-refractivity contribution in [2.24, 2.45) is 0 Å². The summed E-state index contributed by atoms with van der Waals surface area (Å²) in [4.78, 5) is 0. The van der Waals surface area contributed by atoms with E-state index < -0.39 is 0 Å². The zero-order valence-electron chi connectivity index (χ0n) is 10.0. The summed E-state index contributed by atoms with van der Waals surface area (Å²) in [6, 6.07) is 12.5. The fourth-order valence-corrected chi connectivity index (χ4v) is 2.13. The Labute approximate surface area is 102 Å². The Morgan fingerprint density at radius 1 is 1.29 bits per heavy atom. The number of hydrogen-bond acceptors (Lipinski definition) is 3. The van der Waals surface area contributed by atoms with Crippen LogP contribution in [0.25, 0.3) is 0 Å². The Morgan fingerprint density at radius 2 is 2.06 bits per heavy atom. The number of hydrogen-bond donors (Lipinski definition) is 0. The van der Waals surface area contributed by atoms with Crippen LogP contribution >= 0.6 is 0 Å². The second-order valence-electron chi connectivity index (χ2n) is 4.34. The van der Waals surface area contributed by atoms with Crippen molar-refractivity contribution < 1.29 is 9.47 Å². The highest BCUT2D eigenvalue weighted by molar-refractivity contribution is 5.14. The van der Waals surface area contributed by atoms with Gasteiger partial charge in [-0.1, -0.05) is 30.3 Å². The van der Waals surface area contributed by atoms with E-state index in [1.807, 2.05) is 25.1 Å². The smallest absolute Gasteiger partial charge is 0.156 e. The standard InChI is InChI=1S/C14H17NO2/c1-11-16-13(9-14(10-15)17-11)8-7-12-5-3-2-4-6-12/h2-6,11,13-14H,7-9H2,1H3/t11-,13-,14-/m0/s1. The predicted octanol–water partition coefficient (Wildman–Crippen LogP) is 2.66. The first kappa shape index (κ1) is 12.1. The van der Waals surface area contributed by atoms with Gasteiger partial charge in [-0.2, -0.15) is 5.26 Å². The third kappa shape index (κ3) is 3.55. The highest BCUT2D eigenvalue weighted by atomic mass is 16.7. The van der Waals surface area contributed by atoms with Gasteiger partial charge >= 0.3 is 0 Å². The topological polar surface area (TPSA) is 42.2 Å². The molecule has 1 saturated heterocycles. The van der Waals surface area contributed by atoms with Gasteiger partial charge in [0.05, 0.1) is 12.2 Å². The van der Waals surface area contributed by atoms with Gasteiger partial charge in [0.15, 0.2) is 6.29 Å². The van der Waals surface area contributed by atoms with Crippen LogP contribution < -0.4 is 0 Å². The van der Waals surface area contributed by atoms with Crippen molar-refractivity contribution in [3.63, 3.8) is 0 Å². The van der Waals surface area contributed by atoms with E-state index in [0.29, 0.717) is 6.42 Å². The molecule has 0 aromatic heterocycles. The summed E-state index contributed by atoms with van der Waals surface area (Å²) in [7, 11) is 0. The molecule has 1 fully saturated rings. The molecule has 2 rings (SSSR count). The minimum Gasteiger partial charge on any atom is -0.350 e. The molecule has 0 N–H and O–H groups in total. The zero-order chi connectivity index (χ0) is 12.1. The molecule has 3 nitrogen and oxygen atoms in total. The SMILES string of the molecule is C[C@H]1O[C@@H](CCc2ccccc2)C[C@@H](C#N)O1. The summed E-state index contributed by atoms with van der Waals surface area (Å²) >= 11 is 0. The van der Waals surface area contributed by atoms with Crippen molar-refractivity contribution in [1.82, 2.24) is 0 Å². The highest BCUT2D eigenvalue weighted by Crippen LogP contribution is 2.21. The molecule has 1 heterocycles. The minimum absolute atomic E-state index is 0.128. The Balaban J connectivity index is 1.85. The molecule has 90 valence electrons. The fourth-order valence-electron chi connectivity index (χ4n) is 2.13. The van der Waals surface area contributed by atoms with Crippen LogP contribution in [0.15, 0.2) is 30.3 Å². The zero-order valence-corrected chi connectivity index (χ0v) is 10.0. The molecule has 0 amide bonds. The Kier molecular flexibility index (Phi) is 4.13. The summed E-state index contributed by atoms with van der Waals surface area (Å²) in [6.07, 6.45) is 2.14. The van der Waals surface area contributed by atoms with Gasteiger partial charge in [0.25, 0.3) is 0 Å². The Hall–Kier alpha value is -1.37.